The molecule has 0 spiro atoms. The Bertz CT molecular complexity index is 500. The molecule has 1 heterocycles. The van der Waals surface area contributed by atoms with Gasteiger partial charge in [-0.1, -0.05) is 0 Å². The van der Waals surface area contributed by atoms with Gasteiger partial charge in [-0.25, -0.2) is 4.79 Å². The van der Waals surface area contributed by atoms with Crippen molar-refractivity contribution in [2.75, 3.05) is 5.32 Å². The van der Waals surface area contributed by atoms with Crippen molar-refractivity contribution in [3.63, 3.8) is 0 Å². The lowest BCUT2D eigenvalue weighted by Gasteiger charge is -2.56. The average Bonchev–Trinajstić information content (AvgIpc) is 2.72. The van der Waals surface area contributed by atoms with E-state index < -0.39 is 0 Å². The summed E-state index contributed by atoms with van der Waals surface area (Å²) in [5.41, 5.74) is 1.03. The fourth-order valence-electron chi connectivity index (χ4n) is 5.12. The van der Waals surface area contributed by atoms with Crippen LogP contribution in [0.2, 0.25) is 0 Å². The fourth-order valence-corrected chi connectivity index (χ4v) is 5.12. The number of H-pyrrole nitrogens is 1. The normalized spacial score (nSPS) is 38.0. The average molecular weight is 274 g/mol. The number of amides is 2. The molecule has 0 saturated heterocycles. The van der Waals surface area contributed by atoms with Crippen LogP contribution in [0.1, 0.15) is 44.1 Å². The maximum absolute atomic E-state index is 12.3. The van der Waals surface area contributed by atoms with Crippen molar-refractivity contribution in [1.82, 2.24) is 15.5 Å². The number of hydrogen-bond donors (Lipinski definition) is 3. The minimum Gasteiger partial charge on any atom is -0.332 e. The van der Waals surface area contributed by atoms with Crippen molar-refractivity contribution in [3.8, 4) is 0 Å². The largest absolute Gasteiger partial charge is 0.332 e. The molecule has 0 radical (unpaired) electrons. The van der Waals surface area contributed by atoms with Crippen LogP contribution in [0.15, 0.2) is 6.20 Å². The van der Waals surface area contributed by atoms with Gasteiger partial charge in [0.05, 0.1) is 6.20 Å². The monoisotopic (exact) mass is 274 g/mol. The summed E-state index contributed by atoms with van der Waals surface area (Å²) in [7, 11) is 0. The highest BCUT2D eigenvalue weighted by atomic mass is 16.2. The van der Waals surface area contributed by atoms with E-state index in [0.29, 0.717) is 5.82 Å². The Kier molecular flexibility index (Phi) is 2.59. The molecule has 4 bridgehead atoms. The van der Waals surface area contributed by atoms with E-state index >= 15 is 0 Å². The molecule has 5 heteroatoms. The van der Waals surface area contributed by atoms with Gasteiger partial charge in [0.25, 0.3) is 0 Å². The minimum absolute atomic E-state index is 0.0623. The Morgan fingerprint density at radius 2 is 1.85 bits per heavy atom. The Morgan fingerprint density at radius 1 is 1.25 bits per heavy atom. The number of aryl methyl sites for hydroxylation is 1. The lowest BCUT2D eigenvalue weighted by atomic mass is 9.53. The van der Waals surface area contributed by atoms with Gasteiger partial charge in [-0.3, -0.25) is 10.4 Å². The number of aromatic nitrogens is 2. The molecule has 2 amide bonds. The molecule has 4 aliphatic rings. The molecule has 3 N–H and O–H groups in total. The first-order valence-corrected chi connectivity index (χ1v) is 7.71. The smallest absolute Gasteiger partial charge is 0.320 e. The van der Waals surface area contributed by atoms with Crippen LogP contribution < -0.4 is 10.6 Å². The van der Waals surface area contributed by atoms with E-state index in [1.165, 1.54) is 38.5 Å². The number of nitrogens with zero attached hydrogens (tertiary/aromatic N) is 1. The van der Waals surface area contributed by atoms with Crippen LogP contribution in [0.5, 0.6) is 0 Å². The fraction of sp³-hybridized carbons (Fsp3) is 0.733. The molecule has 20 heavy (non-hydrogen) atoms. The first kappa shape index (κ1) is 12.2. The summed E-state index contributed by atoms with van der Waals surface area (Å²) in [6.07, 6.45) is 9.42. The lowest BCUT2D eigenvalue weighted by molar-refractivity contribution is -0.0127. The van der Waals surface area contributed by atoms with Crippen molar-refractivity contribution in [1.29, 1.82) is 0 Å². The first-order valence-electron chi connectivity index (χ1n) is 7.71. The highest BCUT2D eigenvalue weighted by Gasteiger charge is 2.51. The number of urea groups is 1. The third-order valence-electron chi connectivity index (χ3n) is 5.48. The van der Waals surface area contributed by atoms with Gasteiger partial charge in [-0.05, 0) is 63.2 Å². The van der Waals surface area contributed by atoms with Gasteiger partial charge in [-0.2, -0.15) is 5.10 Å². The van der Waals surface area contributed by atoms with E-state index in [1.54, 1.807) is 6.20 Å². The van der Waals surface area contributed by atoms with Crippen molar-refractivity contribution in [2.45, 2.75) is 51.0 Å². The summed E-state index contributed by atoms with van der Waals surface area (Å²) in [6, 6.07) is -0.0840. The molecule has 0 unspecified atom stereocenters. The maximum Gasteiger partial charge on any atom is 0.320 e. The van der Waals surface area contributed by atoms with Crippen LogP contribution in [0.3, 0.4) is 0 Å². The SMILES string of the molecule is Cc1cn[nH]c1NC(=O)NC12CC3CC(CC(C3)C1)C2. The molecule has 1 aromatic rings. The van der Waals surface area contributed by atoms with Crippen molar-refractivity contribution in [3.05, 3.63) is 11.8 Å². The molecule has 108 valence electrons. The van der Waals surface area contributed by atoms with Crippen molar-refractivity contribution >= 4 is 11.8 Å². The second-order valence-corrected chi connectivity index (χ2v) is 7.21. The molecule has 5 nitrogen and oxygen atoms in total. The van der Waals surface area contributed by atoms with Crippen LogP contribution in [0, 0.1) is 24.7 Å². The minimum atomic E-state index is -0.0840. The number of carbonyl (C=O) groups excluding carboxylic acids is 1. The number of anilines is 1. The van der Waals surface area contributed by atoms with Crippen LogP contribution in [0.4, 0.5) is 10.6 Å². The zero-order valence-electron chi connectivity index (χ0n) is 11.9. The third-order valence-corrected chi connectivity index (χ3v) is 5.48. The third kappa shape index (κ3) is 2.00. The molecule has 4 fully saturated rings. The molecule has 0 atom stereocenters. The Balaban J connectivity index is 1.46. The number of hydrogen-bond acceptors (Lipinski definition) is 2. The van der Waals surface area contributed by atoms with E-state index in [0.717, 1.165) is 23.3 Å². The molecule has 5 rings (SSSR count). The van der Waals surface area contributed by atoms with Crippen LogP contribution >= 0.6 is 0 Å². The van der Waals surface area contributed by atoms with Gasteiger partial charge in [0.2, 0.25) is 0 Å². The molecule has 0 aliphatic heterocycles. The summed E-state index contributed by atoms with van der Waals surface area (Å²) in [5, 5.41) is 12.9. The van der Waals surface area contributed by atoms with E-state index in [1.807, 2.05) is 6.92 Å². The van der Waals surface area contributed by atoms with E-state index in [2.05, 4.69) is 20.8 Å². The first-order chi connectivity index (χ1) is 9.62. The Hall–Kier alpha value is -1.52. The lowest BCUT2D eigenvalue weighted by Crippen LogP contribution is -2.60. The van der Waals surface area contributed by atoms with Crippen LogP contribution in [-0.4, -0.2) is 21.8 Å². The van der Waals surface area contributed by atoms with Gasteiger partial charge < -0.3 is 5.32 Å². The number of rotatable bonds is 2. The quantitative estimate of drug-likeness (QED) is 0.776. The molecule has 4 aliphatic carbocycles. The number of carbonyl (C=O) groups is 1. The Labute approximate surface area is 118 Å². The number of nitrogens with one attached hydrogen (secondary N) is 3. The zero-order valence-corrected chi connectivity index (χ0v) is 11.9. The van der Waals surface area contributed by atoms with Gasteiger partial charge in [-0.15, -0.1) is 0 Å². The van der Waals surface area contributed by atoms with E-state index in [-0.39, 0.29) is 11.6 Å². The predicted octanol–water partition coefficient (Wildman–Crippen LogP) is 2.81. The highest BCUT2D eigenvalue weighted by molar-refractivity contribution is 5.89. The second-order valence-electron chi connectivity index (χ2n) is 7.21. The summed E-state index contributed by atoms with van der Waals surface area (Å²) in [4.78, 5) is 12.3. The summed E-state index contributed by atoms with van der Waals surface area (Å²) >= 11 is 0. The highest BCUT2D eigenvalue weighted by Crippen LogP contribution is 2.55. The topological polar surface area (TPSA) is 69.8 Å². The van der Waals surface area contributed by atoms with Crippen molar-refractivity contribution in [2.24, 2.45) is 17.8 Å². The maximum atomic E-state index is 12.3. The van der Waals surface area contributed by atoms with E-state index in [9.17, 15) is 4.79 Å². The van der Waals surface area contributed by atoms with Gasteiger partial charge >= 0.3 is 6.03 Å². The summed E-state index contributed by atoms with van der Waals surface area (Å²) < 4.78 is 0. The van der Waals surface area contributed by atoms with E-state index in [4.69, 9.17) is 0 Å². The predicted molar refractivity (Wildman–Crippen MR) is 76.4 cm³/mol. The van der Waals surface area contributed by atoms with Crippen LogP contribution in [-0.2, 0) is 0 Å². The standard InChI is InChI=1S/C15H22N4O/c1-9-8-16-19-13(9)17-14(20)18-15-5-10-2-11(6-15)4-12(3-10)7-15/h8,10-12H,2-7H2,1H3,(H3,16,17,18,19,20). The summed E-state index contributed by atoms with van der Waals surface area (Å²) in [6.45, 7) is 1.93. The Morgan fingerprint density at radius 3 is 2.35 bits per heavy atom. The zero-order chi connectivity index (χ0) is 13.7. The van der Waals surface area contributed by atoms with Crippen molar-refractivity contribution < 1.29 is 4.79 Å². The molecular formula is C15H22N4O. The molecule has 0 aromatic carbocycles. The number of aromatic amines is 1. The van der Waals surface area contributed by atoms with Gasteiger partial charge in [0.15, 0.2) is 0 Å². The summed E-state index contributed by atoms with van der Waals surface area (Å²) in [5.74, 6) is 3.23. The molecule has 1 aromatic heterocycles. The van der Waals surface area contributed by atoms with Gasteiger partial charge in [0, 0.05) is 11.1 Å². The van der Waals surface area contributed by atoms with Gasteiger partial charge in [0.1, 0.15) is 5.82 Å². The van der Waals surface area contributed by atoms with Crippen LogP contribution in [0.25, 0.3) is 0 Å². The second kappa shape index (κ2) is 4.24. The molecule has 4 saturated carbocycles. The molecular weight excluding hydrogens is 252 g/mol.